The summed E-state index contributed by atoms with van der Waals surface area (Å²) < 4.78 is 11.0. The third-order valence-corrected chi connectivity index (χ3v) is 5.86. The molecule has 0 radical (unpaired) electrons. The monoisotopic (exact) mass is 315 g/mol. The van der Waals surface area contributed by atoms with Crippen molar-refractivity contribution in [3.05, 3.63) is 22.7 Å². The van der Waals surface area contributed by atoms with E-state index in [2.05, 4.69) is 11.6 Å². The molecule has 1 aliphatic rings. The van der Waals surface area contributed by atoms with Gasteiger partial charge < -0.3 is 14.8 Å². The van der Waals surface area contributed by atoms with Crippen LogP contribution < -0.4 is 14.8 Å². The summed E-state index contributed by atoms with van der Waals surface area (Å²) in [5, 5.41) is 4.15. The van der Waals surface area contributed by atoms with Crippen LogP contribution in [0.4, 0.5) is 0 Å². The summed E-state index contributed by atoms with van der Waals surface area (Å²) in [4.78, 5) is 0. The van der Waals surface area contributed by atoms with Gasteiger partial charge in [0.15, 0.2) is 11.5 Å². The van der Waals surface area contributed by atoms with Crippen LogP contribution in [-0.4, -0.2) is 31.8 Å². The highest BCUT2D eigenvalue weighted by Gasteiger charge is 2.35. The molecule has 20 heavy (non-hydrogen) atoms. The van der Waals surface area contributed by atoms with Gasteiger partial charge in [0.05, 0.1) is 19.2 Å². The maximum absolute atomic E-state index is 6.37. The van der Waals surface area contributed by atoms with Crippen molar-refractivity contribution in [1.82, 2.24) is 5.32 Å². The van der Waals surface area contributed by atoms with E-state index in [9.17, 15) is 0 Å². The van der Waals surface area contributed by atoms with Gasteiger partial charge in [-0.2, -0.15) is 11.8 Å². The molecule has 0 atom stereocenters. The summed E-state index contributed by atoms with van der Waals surface area (Å²) in [7, 11) is 3.23. The van der Waals surface area contributed by atoms with Gasteiger partial charge in [-0.1, -0.05) is 24.1 Å². The second-order valence-electron chi connectivity index (χ2n) is 5.12. The molecule has 1 aromatic rings. The van der Waals surface area contributed by atoms with Crippen molar-refractivity contribution in [3.8, 4) is 11.5 Å². The van der Waals surface area contributed by atoms with Crippen molar-refractivity contribution < 1.29 is 9.47 Å². The first-order valence-electron chi connectivity index (χ1n) is 6.81. The average Bonchev–Trinajstić information content (AvgIpc) is 2.43. The molecular formula is C15H22ClNO2S. The fourth-order valence-corrected chi connectivity index (χ4v) is 3.76. The molecule has 1 N–H and O–H groups in total. The van der Waals surface area contributed by atoms with Crippen LogP contribution in [0, 0.1) is 0 Å². The molecule has 0 aliphatic heterocycles. The van der Waals surface area contributed by atoms with Gasteiger partial charge in [0.2, 0.25) is 0 Å². The Morgan fingerprint density at radius 2 is 2.05 bits per heavy atom. The fraction of sp³-hybridized carbons (Fsp3) is 0.600. The zero-order valence-electron chi connectivity index (χ0n) is 12.3. The van der Waals surface area contributed by atoms with Gasteiger partial charge in [-0.3, -0.25) is 0 Å². The molecule has 0 spiro atoms. The van der Waals surface area contributed by atoms with Gasteiger partial charge in [-0.05, 0) is 30.7 Å². The minimum absolute atomic E-state index is 0.434. The molecule has 1 fully saturated rings. The Hall–Kier alpha value is -0.580. The van der Waals surface area contributed by atoms with Crippen LogP contribution in [0.1, 0.15) is 24.8 Å². The van der Waals surface area contributed by atoms with E-state index >= 15 is 0 Å². The summed E-state index contributed by atoms with van der Waals surface area (Å²) in [6.07, 6.45) is 6.16. The molecule has 0 amide bonds. The zero-order chi connectivity index (χ0) is 14.6. The van der Waals surface area contributed by atoms with Gasteiger partial charge in [0, 0.05) is 17.8 Å². The highest BCUT2D eigenvalue weighted by molar-refractivity contribution is 8.00. The maximum Gasteiger partial charge on any atom is 0.179 e. The van der Waals surface area contributed by atoms with Gasteiger partial charge in [-0.25, -0.2) is 0 Å². The molecule has 0 heterocycles. The summed E-state index contributed by atoms with van der Waals surface area (Å²) >= 11 is 8.35. The number of rotatable bonds is 7. The lowest BCUT2D eigenvalue weighted by atomic mass is 9.84. The summed E-state index contributed by atoms with van der Waals surface area (Å²) in [5.74, 6) is 1.28. The first kappa shape index (κ1) is 15.8. The van der Waals surface area contributed by atoms with Crippen LogP contribution in [0.2, 0.25) is 5.02 Å². The van der Waals surface area contributed by atoms with E-state index in [4.69, 9.17) is 21.1 Å². The summed E-state index contributed by atoms with van der Waals surface area (Å²) in [6, 6.07) is 3.89. The molecule has 112 valence electrons. The Morgan fingerprint density at radius 1 is 1.30 bits per heavy atom. The first-order chi connectivity index (χ1) is 9.65. The number of ether oxygens (including phenoxy) is 2. The number of hydrogen-bond donors (Lipinski definition) is 1. The van der Waals surface area contributed by atoms with Crippen molar-refractivity contribution in [2.24, 2.45) is 0 Å². The quantitative estimate of drug-likeness (QED) is 0.830. The lowest BCUT2D eigenvalue weighted by Gasteiger charge is -2.40. The second-order valence-corrected chi connectivity index (χ2v) is 6.77. The normalized spacial score (nSPS) is 16.6. The number of nitrogens with one attached hydrogen (secondary N) is 1. The number of methoxy groups -OCH3 is 2. The maximum atomic E-state index is 6.37. The van der Waals surface area contributed by atoms with Gasteiger partial charge in [-0.15, -0.1) is 0 Å². The zero-order valence-corrected chi connectivity index (χ0v) is 13.9. The largest absolute Gasteiger partial charge is 0.493 e. The van der Waals surface area contributed by atoms with Crippen LogP contribution in [0.25, 0.3) is 0 Å². The van der Waals surface area contributed by atoms with E-state index in [1.165, 1.54) is 19.3 Å². The third-order valence-electron chi connectivity index (χ3n) is 4.03. The predicted molar refractivity (Wildman–Crippen MR) is 86.4 cm³/mol. The van der Waals surface area contributed by atoms with Crippen LogP contribution in [0.5, 0.6) is 11.5 Å². The number of thioether (sulfide) groups is 1. The fourth-order valence-electron chi connectivity index (χ4n) is 2.52. The van der Waals surface area contributed by atoms with Gasteiger partial charge >= 0.3 is 0 Å². The highest BCUT2D eigenvalue weighted by atomic mass is 35.5. The Balaban J connectivity index is 1.99. The predicted octanol–water partition coefficient (Wildman–Crippen LogP) is 3.73. The molecule has 3 nitrogen and oxygen atoms in total. The Bertz CT molecular complexity index is 458. The van der Waals surface area contributed by atoms with E-state index in [0.717, 1.165) is 18.7 Å². The van der Waals surface area contributed by atoms with E-state index in [0.29, 0.717) is 21.3 Å². The molecule has 0 saturated heterocycles. The standard InChI is InChI=1S/C15H22ClNO2S/c1-18-12-6-5-11(13(16)14(12)19-2)9-17-10-15(20-3)7-4-8-15/h5-6,17H,4,7-10H2,1-3H3. The SMILES string of the molecule is COc1ccc(CNCC2(SC)CCC2)c(Cl)c1OC. The van der Waals surface area contributed by atoms with Crippen LogP contribution >= 0.6 is 23.4 Å². The molecular weight excluding hydrogens is 294 g/mol. The second kappa shape index (κ2) is 6.92. The minimum atomic E-state index is 0.434. The summed E-state index contributed by atoms with van der Waals surface area (Å²) in [6.45, 7) is 1.78. The summed E-state index contributed by atoms with van der Waals surface area (Å²) in [5.41, 5.74) is 1.04. The van der Waals surface area contributed by atoms with E-state index in [1.54, 1.807) is 14.2 Å². The third kappa shape index (κ3) is 3.18. The van der Waals surface area contributed by atoms with Crippen LogP contribution in [0.3, 0.4) is 0 Å². The lowest BCUT2D eigenvalue weighted by molar-refractivity contribution is 0.344. The van der Waals surface area contributed by atoms with E-state index < -0.39 is 0 Å². The minimum Gasteiger partial charge on any atom is -0.493 e. The molecule has 0 bridgehead atoms. The Labute approximate surface area is 130 Å². The molecule has 2 rings (SSSR count). The number of halogens is 1. The molecule has 5 heteroatoms. The van der Waals surface area contributed by atoms with Gasteiger partial charge in [0.1, 0.15) is 0 Å². The van der Waals surface area contributed by atoms with Crippen LogP contribution in [-0.2, 0) is 6.54 Å². The topological polar surface area (TPSA) is 30.5 Å². The number of hydrogen-bond acceptors (Lipinski definition) is 4. The van der Waals surface area contributed by atoms with Crippen molar-refractivity contribution in [2.75, 3.05) is 27.0 Å². The smallest absolute Gasteiger partial charge is 0.179 e. The first-order valence-corrected chi connectivity index (χ1v) is 8.41. The van der Waals surface area contributed by atoms with Crippen molar-refractivity contribution in [2.45, 2.75) is 30.6 Å². The number of benzene rings is 1. The lowest BCUT2D eigenvalue weighted by Crippen LogP contribution is -2.43. The Morgan fingerprint density at radius 3 is 2.55 bits per heavy atom. The van der Waals surface area contributed by atoms with Crippen molar-refractivity contribution in [1.29, 1.82) is 0 Å². The van der Waals surface area contributed by atoms with E-state index in [1.807, 2.05) is 23.9 Å². The Kier molecular flexibility index (Phi) is 5.47. The molecule has 0 unspecified atom stereocenters. The van der Waals surface area contributed by atoms with Crippen molar-refractivity contribution in [3.63, 3.8) is 0 Å². The van der Waals surface area contributed by atoms with Crippen LogP contribution in [0.15, 0.2) is 12.1 Å². The molecule has 1 aromatic carbocycles. The molecule has 1 aliphatic carbocycles. The van der Waals surface area contributed by atoms with Gasteiger partial charge in [0.25, 0.3) is 0 Å². The highest BCUT2D eigenvalue weighted by Crippen LogP contribution is 2.42. The van der Waals surface area contributed by atoms with Crippen molar-refractivity contribution >= 4 is 23.4 Å². The van der Waals surface area contributed by atoms with E-state index in [-0.39, 0.29) is 0 Å². The molecule has 0 aromatic heterocycles. The average molecular weight is 316 g/mol. The molecule has 1 saturated carbocycles.